The molecule has 0 radical (unpaired) electrons. The minimum atomic E-state index is -3.80. The summed E-state index contributed by atoms with van der Waals surface area (Å²) in [7, 11) is -3.80. The van der Waals surface area contributed by atoms with Gasteiger partial charge in [0.1, 0.15) is 6.33 Å². The first-order chi connectivity index (χ1) is 10.9. The molecule has 23 heavy (non-hydrogen) atoms. The molecule has 0 saturated carbocycles. The first-order valence-electron chi connectivity index (χ1n) is 7.35. The van der Waals surface area contributed by atoms with E-state index in [2.05, 4.69) is 23.2 Å². The van der Waals surface area contributed by atoms with E-state index in [0.29, 0.717) is 32.6 Å². The Morgan fingerprint density at radius 1 is 1.30 bits per heavy atom. The summed E-state index contributed by atoms with van der Waals surface area (Å²) in [6, 6.07) is -0.489. The molecule has 1 aromatic rings. The molecule has 0 saturated heterocycles. The van der Waals surface area contributed by atoms with Crippen molar-refractivity contribution in [2.24, 2.45) is 0 Å². The highest BCUT2D eigenvalue weighted by Gasteiger charge is 2.28. The second-order valence-electron chi connectivity index (χ2n) is 4.73. The number of nitrogens with zero attached hydrogens (tertiary/aromatic N) is 5. The van der Waals surface area contributed by atoms with Crippen LogP contribution < -0.4 is 0 Å². The fraction of sp³-hybridized carbons (Fsp3) is 0.500. The Hall–Kier alpha value is -2.00. The van der Waals surface area contributed by atoms with Gasteiger partial charge in [-0.1, -0.05) is 26.0 Å². The van der Waals surface area contributed by atoms with Crippen molar-refractivity contribution in [2.75, 3.05) is 26.2 Å². The number of rotatable bonds is 9. The molecule has 1 heterocycles. The molecule has 8 nitrogen and oxygen atoms in total. The molecule has 9 heteroatoms. The molecule has 0 aliphatic heterocycles. The Balaban J connectivity index is 3.06. The number of hydrogen-bond acceptors (Lipinski definition) is 5. The van der Waals surface area contributed by atoms with Gasteiger partial charge in [-0.05, 0) is 6.42 Å². The van der Waals surface area contributed by atoms with E-state index in [1.54, 1.807) is 19.1 Å². The largest absolute Gasteiger partial charge is 0.346 e. The van der Waals surface area contributed by atoms with Crippen molar-refractivity contribution in [1.29, 1.82) is 0 Å². The van der Waals surface area contributed by atoms with E-state index in [1.165, 1.54) is 9.21 Å². The van der Waals surface area contributed by atoms with Crippen LogP contribution in [0.25, 0.3) is 0 Å². The monoisotopic (exact) mass is 341 g/mol. The normalized spacial score (nSPS) is 11.4. The summed E-state index contributed by atoms with van der Waals surface area (Å²) in [5.41, 5.74) is 0. The van der Waals surface area contributed by atoms with Gasteiger partial charge in [-0.25, -0.2) is 18.2 Å². The number of sulfonamides is 1. The SMILES string of the molecule is C=CCN(CC=C)C(=O)n1cnc(S(=O)(=O)N(CC)CCC)n1. The summed E-state index contributed by atoms with van der Waals surface area (Å²) in [6.45, 7) is 12.1. The molecular weight excluding hydrogens is 318 g/mol. The Labute approximate surface area is 137 Å². The zero-order chi connectivity index (χ0) is 17.5. The first-order valence-corrected chi connectivity index (χ1v) is 8.79. The molecule has 1 aromatic heterocycles. The third kappa shape index (κ3) is 4.49. The van der Waals surface area contributed by atoms with Gasteiger partial charge in [-0.2, -0.15) is 8.99 Å². The van der Waals surface area contributed by atoms with E-state index in [-0.39, 0.29) is 5.16 Å². The summed E-state index contributed by atoms with van der Waals surface area (Å²) in [4.78, 5) is 17.5. The highest BCUT2D eigenvalue weighted by Crippen LogP contribution is 2.11. The third-order valence-electron chi connectivity index (χ3n) is 3.03. The molecule has 0 N–H and O–H groups in total. The Kier molecular flexibility index (Phi) is 7.11. The standard InChI is InChI=1S/C14H23N5O3S/c1-5-9-17(10-6-2)14(20)19-12-15-13(16-19)23(21,22)18(8-4)11-7-3/h5-6,12H,1-2,7-11H2,3-4H3. The van der Waals surface area contributed by atoms with Gasteiger partial charge in [0, 0.05) is 26.2 Å². The molecular formula is C14H23N5O3S. The Morgan fingerprint density at radius 3 is 2.39 bits per heavy atom. The maximum atomic E-state index is 12.4. The van der Waals surface area contributed by atoms with E-state index in [9.17, 15) is 13.2 Å². The van der Waals surface area contributed by atoms with Crippen molar-refractivity contribution in [3.05, 3.63) is 31.6 Å². The van der Waals surface area contributed by atoms with Crippen LogP contribution in [0.15, 0.2) is 36.8 Å². The highest BCUT2D eigenvalue weighted by molar-refractivity contribution is 7.88. The summed E-state index contributed by atoms with van der Waals surface area (Å²) in [5, 5.41) is 3.46. The predicted octanol–water partition coefficient (Wildman–Crippen LogP) is 1.34. The number of carbonyl (C=O) groups is 1. The first kappa shape index (κ1) is 19.0. The van der Waals surface area contributed by atoms with Crippen molar-refractivity contribution in [2.45, 2.75) is 25.4 Å². The predicted molar refractivity (Wildman–Crippen MR) is 87.5 cm³/mol. The molecule has 0 unspecified atom stereocenters. The third-order valence-corrected chi connectivity index (χ3v) is 4.80. The van der Waals surface area contributed by atoms with Gasteiger partial charge < -0.3 is 4.90 Å². The average molecular weight is 341 g/mol. The maximum Gasteiger partial charge on any atom is 0.346 e. The van der Waals surface area contributed by atoms with Gasteiger partial charge in [-0.15, -0.1) is 18.3 Å². The van der Waals surface area contributed by atoms with Crippen molar-refractivity contribution >= 4 is 16.1 Å². The van der Waals surface area contributed by atoms with Gasteiger partial charge in [0.25, 0.3) is 15.2 Å². The van der Waals surface area contributed by atoms with Crippen molar-refractivity contribution in [1.82, 2.24) is 24.0 Å². The number of carbonyl (C=O) groups excluding carboxylic acids is 1. The highest BCUT2D eigenvalue weighted by atomic mass is 32.2. The summed E-state index contributed by atoms with van der Waals surface area (Å²) < 4.78 is 27.1. The van der Waals surface area contributed by atoms with E-state index in [4.69, 9.17) is 0 Å². The topological polar surface area (TPSA) is 88.4 Å². The second kappa shape index (κ2) is 8.59. The molecule has 1 amide bonds. The molecule has 0 spiro atoms. The van der Waals surface area contributed by atoms with E-state index >= 15 is 0 Å². The van der Waals surface area contributed by atoms with Crippen LogP contribution in [-0.4, -0.2) is 64.6 Å². The molecule has 0 bridgehead atoms. The quantitative estimate of drug-likeness (QED) is 0.633. The number of aromatic nitrogens is 3. The van der Waals surface area contributed by atoms with Crippen LogP contribution in [0.3, 0.4) is 0 Å². The van der Waals surface area contributed by atoms with Crippen LogP contribution in [0.1, 0.15) is 20.3 Å². The number of amides is 1. The number of hydrogen-bond donors (Lipinski definition) is 0. The molecule has 0 atom stereocenters. The summed E-state index contributed by atoms with van der Waals surface area (Å²) in [5.74, 6) is 0. The Bertz CT molecular complexity index is 643. The molecule has 0 aromatic carbocycles. The molecule has 0 aliphatic rings. The molecule has 1 rings (SSSR count). The van der Waals surface area contributed by atoms with Crippen LogP contribution in [0.4, 0.5) is 4.79 Å². The van der Waals surface area contributed by atoms with Crippen LogP contribution >= 0.6 is 0 Å². The zero-order valence-corrected chi connectivity index (χ0v) is 14.4. The van der Waals surface area contributed by atoms with Crippen LogP contribution in [-0.2, 0) is 10.0 Å². The molecule has 0 aliphatic carbocycles. The van der Waals surface area contributed by atoms with Crippen molar-refractivity contribution in [3.8, 4) is 0 Å². The lowest BCUT2D eigenvalue weighted by atomic mass is 10.5. The lowest BCUT2D eigenvalue weighted by Gasteiger charge is -2.18. The summed E-state index contributed by atoms with van der Waals surface area (Å²) >= 11 is 0. The van der Waals surface area contributed by atoms with E-state index in [1.807, 2.05) is 6.92 Å². The van der Waals surface area contributed by atoms with Gasteiger partial charge in [0.15, 0.2) is 0 Å². The van der Waals surface area contributed by atoms with Gasteiger partial charge >= 0.3 is 6.03 Å². The van der Waals surface area contributed by atoms with E-state index < -0.39 is 16.1 Å². The van der Waals surface area contributed by atoms with Crippen LogP contribution in [0, 0.1) is 0 Å². The minimum Gasteiger partial charge on any atom is -0.315 e. The van der Waals surface area contributed by atoms with Crippen LogP contribution in [0.2, 0.25) is 0 Å². The minimum absolute atomic E-state index is 0.295. The smallest absolute Gasteiger partial charge is 0.315 e. The zero-order valence-electron chi connectivity index (χ0n) is 13.6. The average Bonchev–Trinajstić information content (AvgIpc) is 3.02. The lowest BCUT2D eigenvalue weighted by Crippen LogP contribution is -2.36. The van der Waals surface area contributed by atoms with E-state index in [0.717, 1.165) is 11.0 Å². The van der Waals surface area contributed by atoms with Crippen molar-refractivity contribution < 1.29 is 13.2 Å². The van der Waals surface area contributed by atoms with Gasteiger partial charge in [0.05, 0.1) is 0 Å². The Morgan fingerprint density at radius 2 is 1.91 bits per heavy atom. The van der Waals surface area contributed by atoms with Gasteiger partial charge in [0.2, 0.25) is 0 Å². The summed E-state index contributed by atoms with van der Waals surface area (Å²) in [6.07, 6.45) is 4.92. The van der Waals surface area contributed by atoms with Crippen molar-refractivity contribution in [3.63, 3.8) is 0 Å². The molecule has 0 fully saturated rings. The van der Waals surface area contributed by atoms with Crippen LogP contribution in [0.5, 0.6) is 0 Å². The van der Waals surface area contributed by atoms with Gasteiger partial charge in [-0.3, -0.25) is 0 Å². The maximum absolute atomic E-state index is 12.4. The second-order valence-corrected chi connectivity index (χ2v) is 6.57. The lowest BCUT2D eigenvalue weighted by molar-refractivity contribution is 0.206. The fourth-order valence-electron chi connectivity index (χ4n) is 1.96. The molecule has 128 valence electrons. The fourth-order valence-corrected chi connectivity index (χ4v) is 3.32.